The molecule has 1 fully saturated rings. The van der Waals surface area contributed by atoms with Crippen LogP contribution in [0.3, 0.4) is 0 Å². The van der Waals surface area contributed by atoms with E-state index in [1.165, 1.54) is 7.11 Å². The molecular formula is C15H20BClO4. The van der Waals surface area contributed by atoms with Gasteiger partial charge in [-0.3, -0.25) is 0 Å². The number of hydrogen-bond acceptors (Lipinski definition) is 4. The lowest BCUT2D eigenvalue weighted by Crippen LogP contribution is -2.41. The average Bonchev–Trinajstić information content (AvgIpc) is 2.60. The smallest absolute Gasteiger partial charge is 0.465 e. The molecule has 1 aliphatic heterocycles. The van der Waals surface area contributed by atoms with E-state index in [0.717, 1.165) is 5.56 Å². The molecule has 0 atom stereocenters. The molecule has 1 aliphatic rings. The summed E-state index contributed by atoms with van der Waals surface area (Å²) in [5, 5.41) is 0.510. The van der Waals surface area contributed by atoms with Crippen LogP contribution in [0.1, 0.15) is 43.6 Å². The quantitative estimate of drug-likeness (QED) is 0.622. The Morgan fingerprint density at radius 2 is 1.71 bits per heavy atom. The highest BCUT2D eigenvalue weighted by Crippen LogP contribution is 2.37. The van der Waals surface area contributed by atoms with Gasteiger partial charge in [0.1, 0.15) is 0 Å². The van der Waals surface area contributed by atoms with Gasteiger partial charge in [-0.1, -0.05) is 17.7 Å². The molecule has 0 saturated carbocycles. The molecule has 0 aromatic heterocycles. The molecule has 2 rings (SSSR count). The van der Waals surface area contributed by atoms with Crippen molar-refractivity contribution in [1.82, 2.24) is 0 Å². The molecule has 1 heterocycles. The number of carbonyl (C=O) groups is 1. The number of rotatable bonds is 2. The van der Waals surface area contributed by atoms with Gasteiger partial charge in [0.05, 0.1) is 23.9 Å². The monoisotopic (exact) mass is 310 g/mol. The molecule has 0 bridgehead atoms. The molecule has 0 radical (unpaired) electrons. The molecule has 1 aromatic rings. The SMILES string of the molecule is COC(=O)c1cc(Cl)c(C)cc1B1OC(C)(C)C(C)(C)O1. The first kappa shape index (κ1) is 16.3. The van der Waals surface area contributed by atoms with Crippen molar-refractivity contribution in [3.8, 4) is 0 Å². The molecule has 1 saturated heterocycles. The summed E-state index contributed by atoms with van der Waals surface area (Å²) < 4.78 is 16.8. The Hall–Kier alpha value is -1.04. The summed E-state index contributed by atoms with van der Waals surface area (Å²) in [4.78, 5) is 12.0. The van der Waals surface area contributed by atoms with Crippen LogP contribution >= 0.6 is 11.6 Å². The predicted molar refractivity (Wildman–Crippen MR) is 83.2 cm³/mol. The first-order valence-corrected chi connectivity index (χ1v) is 7.21. The third-order valence-electron chi connectivity index (χ3n) is 4.24. The second-order valence-electron chi connectivity index (χ2n) is 6.27. The highest BCUT2D eigenvalue weighted by atomic mass is 35.5. The van der Waals surface area contributed by atoms with E-state index in [2.05, 4.69) is 0 Å². The number of benzene rings is 1. The molecule has 6 heteroatoms. The summed E-state index contributed by atoms with van der Waals surface area (Å²) in [5.41, 5.74) is 0.917. The number of hydrogen-bond donors (Lipinski definition) is 0. The molecule has 0 aliphatic carbocycles. The van der Waals surface area contributed by atoms with E-state index < -0.39 is 24.3 Å². The van der Waals surface area contributed by atoms with Crippen LogP contribution in [0.15, 0.2) is 12.1 Å². The minimum absolute atomic E-state index is 0.367. The van der Waals surface area contributed by atoms with Crippen LogP contribution in [0, 0.1) is 6.92 Å². The van der Waals surface area contributed by atoms with E-state index in [0.29, 0.717) is 16.0 Å². The number of methoxy groups -OCH3 is 1. The molecule has 21 heavy (non-hydrogen) atoms. The van der Waals surface area contributed by atoms with Crippen LogP contribution in [0.2, 0.25) is 5.02 Å². The molecule has 0 N–H and O–H groups in total. The van der Waals surface area contributed by atoms with Crippen LogP contribution in [-0.2, 0) is 14.0 Å². The molecule has 0 amide bonds. The summed E-state index contributed by atoms with van der Waals surface area (Å²) >= 11 is 6.12. The Labute approximate surface area is 130 Å². The van der Waals surface area contributed by atoms with Crippen LogP contribution in [-0.4, -0.2) is 31.4 Å². The number of aryl methyl sites for hydroxylation is 1. The van der Waals surface area contributed by atoms with Crippen molar-refractivity contribution in [3.63, 3.8) is 0 Å². The van der Waals surface area contributed by atoms with Gasteiger partial charge < -0.3 is 14.0 Å². The van der Waals surface area contributed by atoms with Crippen molar-refractivity contribution < 1.29 is 18.8 Å². The summed E-state index contributed by atoms with van der Waals surface area (Å²) in [6.45, 7) is 9.74. The lowest BCUT2D eigenvalue weighted by atomic mass is 9.75. The molecule has 4 nitrogen and oxygen atoms in total. The zero-order chi connectivity index (χ0) is 16.0. The number of esters is 1. The maximum Gasteiger partial charge on any atom is 0.495 e. The Morgan fingerprint density at radius 1 is 1.19 bits per heavy atom. The maximum atomic E-state index is 12.0. The minimum Gasteiger partial charge on any atom is -0.465 e. The highest BCUT2D eigenvalue weighted by molar-refractivity contribution is 6.63. The van der Waals surface area contributed by atoms with Gasteiger partial charge in [0.15, 0.2) is 0 Å². The molecule has 0 spiro atoms. The standard InChI is InChI=1S/C15H20BClO4/c1-9-7-11(10(8-12(9)17)13(18)19-6)16-20-14(2,3)15(4,5)21-16/h7-8H,1-6H3. The third-order valence-corrected chi connectivity index (χ3v) is 4.65. The van der Waals surface area contributed by atoms with E-state index in [1.54, 1.807) is 6.07 Å². The Morgan fingerprint density at radius 3 is 2.19 bits per heavy atom. The summed E-state index contributed by atoms with van der Waals surface area (Å²) in [7, 11) is 0.712. The third kappa shape index (κ3) is 2.82. The fourth-order valence-electron chi connectivity index (χ4n) is 2.16. The second-order valence-corrected chi connectivity index (χ2v) is 6.68. The van der Waals surface area contributed by atoms with Gasteiger partial charge in [-0.05, 0) is 51.7 Å². The van der Waals surface area contributed by atoms with Crippen molar-refractivity contribution in [1.29, 1.82) is 0 Å². The predicted octanol–water partition coefficient (Wildman–Crippen LogP) is 2.73. The van der Waals surface area contributed by atoms with E-state index in [1.807, 2.05) is 40.7 Å². The van der Waals surface area contributed by atoms with Gasteiger partial charge in [-0.15, -0.1) is 0 Å². The van der Waals surface area contributed by atoms with E-state index in [-0.39, 0.29) is 0 Å². The zero-order valence-corrected chi connectivity index (χ0v) is 14.0. The van der Waals surface area contributed by atoms with Crippen molar-refractivity contribution >= 4 is 30.2 Å². The largest absolute Gasteiger partial charge is 0.495 e. The zero-order valence-electron chi connectivity index (χ0n) is 13.2. The fourth-order valence-corrected chi connectivity index (χ4v) is 2.32. The van der Waals surface area contributed by atoms with Gasteiger partial charge in [-0.2, -0.15) is 0 Å². The number of carbonyl (C=O) groups excluding carboxylic acids is 1. The normalized spacial score (nSPS) is 19.7. The molecule has 1 aromatic carbocycles. The maximum absolute atomic E-state index is 12.0. The average molecular weight is 311 g/mol. The molecule has 114 valence electrons. The van der Waals surface area contributed by atoms with Gasteiger partial charge in [0.25, 0.3) is 0 Å². The first-order chi connectivity index (χ1) is 9.59. The van der Waals surface area contributed by atoms with E-state index in [4.69, 9.17) is 25.6 Å². The van der Waals surface area contributed by atoms with Crippen LogP contribution < -0.4 is 5.46 Å². The summed E-state index contributed by atoms with van der Waals surface area (Å²) in [6, 6.07) is 3.42. The van der Waals surface area contributed by atoms with Crippen molar-refractivity contribution in [2.45, 2.75) is 45.8 Å². The Kier molecular flexibility index (Phi) is 4.13. The number of halogens is 1. The lowest BCUT2D eigenvalue weighted by molar-refractivity contribution is 0.00578. The molecule has 0 unspecified atom stereocenters. The van der Waals surface area contributed by atoms with Crippen LogP contribution in [0.25, 0.3) is 0 Å². The van der Waals surface area contributed by atoms with Crippen LogP contribution in [0.4, 0.5) is 0 Å². The summed E-state index contributed by atoms with van der Waals surface area (Å²) in [6.07, 6.45) is 0. The van der Waals surface area contributed by atoms with E-state index in [9.17, 15) is 4.79 Å². The van der Waals surface area contributed by atoms with Crippen molar-refractivity contribution in [3.05, 3.63) is 28.3 Å². The summed E-state index contributed by atoms with van der Waals surface area (Å²) in [5.74, 6) is -0.457. The fraction of sp³-hybridized carbons (Fsp3) is 0.533. The van der Waals surface area contributed by atoms with E-state index >= 15 is 0 Å². The molecular weight excluding hydrogens is 290 g/mol. The van der Waals surface area contributed by atoms with Gasteiger partial charge in [0, 0.05) is 5.02 Å². The first-order valence-electron chi connectivity index (χ1n) is 6.83. The number of ether oxygens (including phenoxy) is 1. The highest BCUT2D eigenvalue weighted by Gasteiger charge is 2.52. The van der Waals surface area contributed by atoms with Crippen LogP contribution in [0.5, 0.6) is 0 Å². The van der Waals surface area contributed by atoms with Gasteiger partial charge in [-0.25, -0.2) is 4.79 Å². The topological polar surface area (TPSA) is 44.8 Å². The van der Waals surface area contributed by atoms with Gasteiger partial charge >= 0.3 is 13.1 Å². The Bertz CT molecular complexity index is 567. The lowest BCUT2D eigenvalue weighted by Gasteiger charge is -2.32. The minimum atomic E-state index is -0.625. The van der Waals surface area contributed by atoms with Crippen molar-refractivity contribution in [2.24, 2.45) is 0 Å². The van der Waals surface area contributed by atoms with Crippen molar-refractivity contribution in [2.75, 3.05) is 7.11 Å². The Balaban J connectivity index is 2.50. The second kappa shape index (κ2) is 5.31. The van der Waals surface area contributed by atoms with Gasteiger partial charge in [0.2, 0.25) is 0 Å².